The quantitative estimate of drug-likeness (QED) is 0.564. The van der Waals surface area contributed by atoms with Crippen LogP contribution in [0.1, 0.15) is 22.0 Å². The highest BCUT2D eigenvalue weighted by molar-refractivity contribution is 7.98. The predicted octanol–water partition coefficient (Wildman–Crippen LogP) is 2.21. The van der Waals surface area contributed by atoms with E-state index in [1.807, 2.05) is 18.4 Å². The number of hydrogen-bond acceptors (Lipinski definition) is 6. The Labute approximate surface area is 151 Å². The van der Waals surface area contributed by atoms with Gasteiger partial charge in [0.2, 0.25) is 10.0 Å². The van der Waals surface area contributed by atoms with Crippen LogP contribution in [0.15, 0.2) is 58.3 Å². The lowest BCUT2D eigenvalue weighted by atomic mass is 10.1. The number of sulfonamides is 1. The molecule has 25 heavy (non-hydrogen) atoms. The first-order valence-corrected chi connectivity index (χ1v) is 10.1. The molecular weight excluding hydrogens is 362 g/mol. The molecule has 0 heterocycles. The Morgan fingerprint density at radius 3 is 2.28 bits per heavy atom. The van der Waals surface area contributed by atoms with Crippen LogP contribution in [0.25, 0.3) is 0 Å². The molecule has 0 saturated heterocycles. The monoisotopic (exact) mass is 381 g/mol. The van der Waals surface area contributed by atoms with Crippen LogP contribution in [0.4, 0.5) is 0 Å². The summed E-state index contributed by atoms with van der Waals surface area (Å²) in [6, 6.07) is 12.6. The van der Waals surface area contributed by atoms with E-state index in [4.69, 9.17) is 0 Å². The van der Waals surface area contributed by atoms with E-state index in [2.05, 4.69) is 9.46 Å². The molecule has 2 rings (SSSR count). The van der Waals surface area contributed by atoms with Crippen molar-refractivity contribution in [1.29, 1.82) is 0 Å². The molecule has 0 fully saturated rings. The van der Waals surface area contributed by atoms with Gasteiger partial charge in [0.1, 0.15) is 0 Å². The van der Waals surface area contributed by atoms with Crippen molar-refractivity contribution in [3.63, 3.8) is 0 Å². The van der Waals surface area contributed by atoms with Crippen LogP contribution >= 0.6 is 11.8 Å². The van der Waals surface area contributed by atoms with Crippen molar-refractivity contribution in [2.24, 2.45) is 0 Å². The number of thioether (sulfide) groups is 1. The maximum Gasteiger partial charge on any atom is 0.337 e. The van der Waals surface area contributed by atoms with Gasteiger partial charge in [-0.1, -0.05) is 12.1 Å². The maximum absolute atomic E-state index is 12.3. The summed E-state index contributed by atoms with van der Waals surface area (Å²) < 4.78 is 31.5. The molecule has 6 nitrogen and oxygen atoms in total. The molecule has 0 aliphatic heterocycles. The Bertz CT molecular complexity index is 817. The summed E-state index contributed by atoms with van der Waals surface area (Å²) in [7, 11) is -2.54. The fourth-order valence-electron chi connectivity index (χ4n) is 2.10. The van der Waals surface area contributed by atoms with E-state index in [-0.39, 0.29) is 17.0 Å². The lowest BCUT2D eigenvalue weighted by Crippen LogP contribution is -2.28. The van der Waals surface area contributed by atoms with Gasteiger partial charge in [0.15, 0.2) is 0 Å². The zero-order valence-electron chi connectivity index (χ0n) is 13.8. The van der Waals surface area contributed by atoms with E-state index in [0.717, 1.165) is 4.90 Å². The molecule has 0 saturated carbocycles. The zero-order valence-corrected chi connectivity index (χ0v) is 15.4. The van der Waals surface area contributed by atoms with Crippen molar-refractivity contribution >= 4 is 27.8 Å². The average molecular weight is 381 g/mol. The SMILES string of the molecule is COC(=O)c1ccc(S(=O)(=O)NCC(O)c2ccc(SC)cc2)cc1. The summed E-state index contributed by atoms with van der Waals surface area (Å²) in [5.74, 6) is -0.541. The van der Waals surface area contributed by atoms with Gasteiger partial charge >= 0.3 is 5.97 Å². The first kappa shape index (κ1) is 19.5. The first-order valence-electron chi connectivity index (χ1n) is 7.37. The van der Waals surface area contributed by atoms with Crippen LogP contribution in [0.3, 0.4) is 0 Å². The number of aliphatic hydroxyl groups is 1. The minimum Gasteiger partial charge on any atom is -0.465 e. The average Bonchev–Trinajstić information content (AvgIpc) is 2.65. The van der Waals surface area contributed by atoms with E-state index < -0.39 is 22.1 Å². The smallest absolute Gasteiger partial charge is 0.337 e. The van der Waals surface area contributed by atoms with E-state index in [1.54, 1.807) is 23.9 Å². The van der Waals surface area contributed by atoms with Crippen LogP contribution in [-0.4, -0.2) is 39.4 Å². The number of carbonyl (C=O) groups excluding carboxylic acids is 1. The molecule has 2 aromatic rings. The molecule has 1 atom stereocenters. The number of ether oxygens (including phenoxy) is 1. The first-order chi connectivity index (χ1) is 11.9. The summed E-state index contributed by atoms with van der Waals surface area (Å²) in [6.45, 7) is -0.153. The number of esters is 1. The minimum absolute atomic E-state index is 0.00471. The van der Waals surface area contributed by atoms with Gasteiger partial charge in [-0.25, -0.2) is 17.9 Å². The third-order valence-electron chi connectivity index (χ3n) is 3.55. The number of rotatable bonds is 7. The van der Waals surface area contributed by atoms with Crippen molar-refractivity contribution in [2.45, 2.75) is 15.9 Å². The van der Waals surface area contributed by atoms with Crippen LogP contribution in [0.5, 0.6) is 0 Å². The number of carbonyl (C=O) groups is 1. The highest BCUT2D eigenvalue weighted by atomic mass is 32.2. The topological polar surface area (TPSA) is 92.7 Å². The maximum atomic E-state index is 12.3. The van der Waals surface area contributed by atoms with Crippen LogP contribution in [-0.2, 0) is 14.8 Å². The molecule has 0 aromatic heterocycles. The van der Waals surface area contributed by atoms with Crippen LogP contribution in [0.2, 0.25) is 0 Å². The summed E-state index contributed by atoms with van der Waals surface area (Å²) in [5.41, 5.74) is 0.886. The number of hydrogen-bond donors (Lipinski definition) is 2. The normalized spacial score (nSPS) is 12.6. The fraction of sp³-hybridized carbons (Fsp3) is 0.235. The molecule has 2 aromatic carbocycles. The summed E-state index contributed by atoms with van der Waals surface area (Å²) in [5, 5.41) is 10.1. The summed E-state index contributed by atoms with van der Waals surface area (Å²) in [6.07, 6.45) is 0.991. The highest BCUT2D eigenvalue weighted by Gasteiger charge is 2.17. The Morgan fingerprint density at radius 2 is 1.76 bits per heavy atom. The van der Waals surface area contributed by atoms with E-state index in [0.29, 0.717) is 5.56 Å². The minimum atomic E-state index is -3.79. The Hall–Kier alpha value is -1.87. The lowest BCUT2D eigenvalue weighted by molar-refractivity contribution is 0.0600. The fourth-order valence-corrected chi connectivity index (χ4v) is 3.55. The zero-order chi connectivity index (χ0) is 18.4. The highest BCUT2D eigenvalue weighted by Crippen LogP contribution is 2.19. The molecule has 0 bridgehead atoms. The lowest BCUT2D eigenvalue weighted by Gasteiger charge is -2.13. The van der Waals surface area contributed by atoms with Gasteiger partial charge in [-0.2, -0.15) is 0 Å². The Morgan fingerprint density at radius 1 is 1.16 bits per heavy atom. The van der Waals surface area contributed by atoms with Gasteiger partial charge in [-0.3, -0.25) is 0 Å². The Kier molecular flexibility index (Phi) is 6.60. The summed E-state index contributed by atoms with van der Waals surface area (Å²) in [4.78, 5) is 12.4. The third kappa shape index (κ3) is 5.05. The molecule has 134 valence electrons. The van der Waals surface area contributed by atoms with Crippen molar-refractivity contribution in [3.8, 4) is 0 Å². The molecule has 0 spiro atoms. The second kappa shape index (κ2) is 8.48. The second-order valence-corrected chi connectivity index (χ2v) is 7.80. The molecule has 0 aliphatic carbocycles. The number of nitrogens with one attached hydrogen (secondary N) is 1. The third-order valence-corrected chi connectivity index (χ3v) is 5.74. The van der Waals surface area contributed by atoms with Gasteiger partial charge in [-0.15, -0.1) is 11.8 Å². The van der Waals surface area contributed by atoms with Gasteiger partial charge in [0.25, 0.3) is 0 Å². The molecule has 0 radical (unpaired) electrons. The van der Waals surface area contributed by atoms with Crippen LogP contribution in [0, 0.1) is 0 Å². The van der Waals surface area contributed by atoms with Crippen molar-refractivity contribution in [2.75, 3.05) is 19.9 Å². The van der Waals surface area contributed by atoms with E-state index in [1.165, 1.54) is 31.4 Å². The van der Waals surface area contributed by atoms with Crippen molar-refractivity contribution in [3.05, 3.63) is 59.7 Å². The van der Waals surface area contributed by atoms with Crippen molar-refractivity contribution in [1.82, 2.24) is 4.72 Å². The predicted molar refractivity (Wildman–Crippen MR) is 96.2 cm³/mol. The molecule has 8 heteroatoms. The van der Waals surface area contributed by atoms with Gasteiger partial charge in [0.05, 0.1) is 23.7 Å². The molecule has 1 unspecified atom stereocenters. The molecular formula is C17H19NO5S2. The largest absolute Gasteiger partial charge is 0.465 e. The summed E-state index contributed by atoms with van der Waals surface area (Å²) >= 11 is 1.58. The van der Waals surface area contributed by atoms with E-state index in [9.17, 15) is 18.3 Å². The Balaban J connectivity index is 2.03. The van der Waals surface area contributed by atoms with Gasteiger partial charge in [0, 0.05) is 11.4 Å². The van der Waals surface area contributed by atoms with Crippen LogP contribution < -0.4 is 4.72 Å². The molecule has 2 N–H and O–H groups in total. The second-order valence-electron chi connectivity index (χ2n) is 5.16. The number of methoxy groups -OCH3 is 1. The van der Waals surface area contributed by atoms with E-state index >= 15 is 0 Å². The number of aliphatic hydroxyl groups excluding tert-OH is 1. The van der Waals surface area contributed by atoms with Gasteiger partial charge in [-0.05, 0) is 48.2 Å². The van der Waals surface area contributed by atoms with Crippen molar-refractivity contribution < 1.29 is 23.1 Å². The standard InChI is InChI=1S/C17H19NO5S2/c1-23-17(20)13-5-9-15(10-6-13)25(21,22)18-11-16(19)12-3-7-14(24-2)8-4-12/h3-10,16,18-19H,11H2,1-2H3. The molecule has 0 amide bonds. The van der Waals surface area contributed by atoms with Gasteiger partial charge < -0.3 is 9.84 Å². The number of benzene rings is 2. The molecule has 0 aliphatic rings.